The van der Waals surface area contributed by atoms with Crippen molar-refractivity contribution >= 4 is 33.3 Å². The standard InChI is InChI=1S/C16H15FN4O2S/c1-3-12-9(2)24-16(19-12)20-14(22)7-21-8-18-13-5-4-10(17)6-11(13)15(21)23/h4-6,8H,3,7H2,1-2H3,(H,19,20,22). The molecular formula is C16H15FN4O2S. The molecule has 0 spiro atoms. The Morgan fingerprint density at radius 2 is 2.21 bits per heavy atom. The molecule has 2 heterocycles. The topological polar surface area (TPSA) is 76.9 Å². The van der Waals surface area contributed by atoms with Gasteiger partial charge in [0.1, 0.15) is 12.4 Å². The molecule has 0 unspecified atom stereocenters. The maximum absolute atomic E-state index is 13.3. The zero-order valence-electron chi connectivity index (χ0n) is 13.2. The minimum absolute atomic E-state index is 0.142. The van der Waals surface area contributed by atoms with Gasteiger partial charge in [0, 0.05) is 4.88 Å². The predicted molar refractivity (Wildman–Crippen MR) is 90.8 cm³/mol. The van der Waals surface area contributed by atoms with Gasteiger partial charge >= 0.3 is 0 Å². The molecule has 1 amide bonds. The van der Waals surface area contributed by atoms with E-state index in [4.69, 9.17) is 0 Å². The fourth-order valence-corrected chi connectivity index (χ4v) is 3.29. The molecule has 3 aromatic rings. The highest BCUT2D eigenvalue weighted by Gasteiger charge is 2.12. The molecule has 0 bridgehead atoms. The number of carbonyl (C=O) groups is 1. The van der Waals surface area contributed by atoms with Gasteiger partial charge in [0.2, 0.25) is 5.91 Å². The van der Waals surface area contributed by atoms with Crippen molar-refractivity contribution < 1.29 is 9.18 Å². The van der Waals surface area contributed by atoms with E-state index in [1.807, 2.05) is 13.8 Å². The first-order valence-corrected chi connectivity index (χ1v) is 8.20. The SMILES string of the molecule is CCc1nc(NC(=O)Cn2cnc3ccc(F)cc3c2=O)sc1C. The van der Waals surface area contributed by atoms with Crippen LogP contribution in [0.3, 0.4) is 0 Å². The van der Waals surface area contributed by atoms with Crippen molar-refractivity contribution in [3.8, 4) is 0 Å². The minimum atomic E-state index is -0.519. The summed E-state index contributed by atoms with van der Waals surface area (Å²) in [5.41, 5.74) is 0.871. The molecule has 0 saturated carbocycles. The van der Waals surface area contributed by atoms with Crippen LogP contribution in [0.5, 0.6) is 0 Å². The van der Waals surface area contributed by atoms with Crippen LogP contribution in [0.25, 0.3) is 10.9 Å². The summed E-state index contributed by atoms with van der Waals surface area (Å²) >= 11 is 1.39. The average molecular weight is 346 g/mol. The van der Waals surface area contributed by atoms with Crippen molar-refractivity contribution in [2.75, 3.05) is 5.32 Å². The number of amides is 1. The summed E-state index contributed by atoms with van der Waals surface area (Å²) in [6, 6.07) is 3.79. The van der Waals surface area contributed by atoms with E-state index in [0.29, 0.717) is 10.6 Å². The summed E-state index contributed by atoms with van der Waals surface area (Å²) < 4.78 is 14.5. The number of halogens is 1. The highest BCUT2D eigenvalue weighted by atomic mass is 32.1. The summed E-state index contributed by atoms with van der Waals surface area (Å²) in [7, 11) is 0. The third kappa shape index (κ3) is 3.18. The number of aryl methyl sites for hydroxylation is 2. The highest BCUT2D eigenvalue weighted by molar-refractivity contribution is 7.15. The van der Waals surface area contributed by atoms with Crippen LogP contribution in [-0.2, 0) is 17.8 Å². The first-order valence-electron chi connectivity index (χ1n) is 7.38. The first kappa shape index (κ1) is 16.3. The molecule has 0 atom stereocenters. The summed E-state index contributed by atoms with van der Waals surface area (Å²) in [6.07, 6.45) is 2.07. The van der Waals surface area contributed by atoms with Crippen molar-refractivity contribution in [1.82, 2.24) is 14.5 Å². The van der Waals surface area contributed by atoms with Crippen molar-refractivity contribution in [3.63, 3.8) is 0 Å². The normalized spacial score (nSPS) is 11.0. The lowest BCUT2D eigenvalue weighted by Gasteiger charge is -2.06. The smallest absolute Gasteiger partial charge is 0.261 e. The second kappa shape index (κ2) is 6.48. The van der Waals surface area contributed by atoms with Gasteiger partial charge in [-0.15, -0.1) is 11.3 Å². The van der Waals surface area contributed by atoms with Crippen LogP contribution in [0, 0.1) is 12.7 Å². The molecule has 0 radical (unpaired) electrons. The van der Waals surface area contributed by atoms with Gasteiger partial charge in [-0.2, -0.15) is 0 Å². The second-order valence-corrected chi connectivity index (χ2v) is 6.47. The van der Waals surface area contributed by atoms with Crippen molar-refractivity contribution in [3.05, 3.63) is 51.3 Å². The van der Waals surface area contributed by atoms with E-state index >= 15 is 0 Å². The van der Waals surface area contributed by atoms with E-state index in [1.165, 1.54) is 29.8 Å². The molecule has 0 aliphatic carbocycles. The monoisotopic (exact) mass is 346 g/mol. The van der Waals surface area contributed by atoms with Gasteiger partial charge in [-0.25, -0.2) is 14.4 Å². The summed E-state index contributed by atoms with van der Waals surface area (Å²) in [4.78, 5) is 33.9. The Kier molecular flexibility index (Phi) is 4.39. The molecule has 8 heteroatoms. The lowest BCUT2D eigenvalue weighted by atomic mass is 10.2. The molecule has 2 aromatic heterocycles. The van der Waals surface area contributed by atoms with Crippen LogP contribution < -0.4 is 10.9 Å². The largest absolute Gasteiger partial charge is 0.300 e. The molecule has 3 rings (SSSR count). The predicted octanol–water partition coefficient (Wildman–Crippen LogP) is 2.50. The number of fused-ring (bicyclic) bond motifs is 1. The van der Waals surface area contributed by atoms with Crippen molar-refractivity contribution in [1.29, 1.82) is 0 Å². The molecule has 0 aliphatic rings. The lowest BCUT2D eigenvalue weighted by molar-refractivity contribution is -0.116. The molecular weight excluding hydrogens is 331 g/mol. The van der Waals surface area contributed by atoms with Crippen LogP contribution in [0.4, 0.5) is 9.52 Å². The molecule has 1 aromatic carbocycles. The van der Waals surface area contributed by atoms with Crippen LogP contribution in [0.1, 0.15) is 17.5 Å². The number of hydrogen-bond donors (Lipinski definition) is 1. The van der Waals surface area contributed by atoms with Crippen molar-refractivity contribution in [2.45, 2.75) is 26.8 Å². The average Bonchev–Trinajstić information content (AvgIpc) is 2.90. The molecule has 6 nitrogen and oxygen atoms in total. The number of carbonyl (C=O) groups excluding carboxylic acids is 1. The molecule has 0 saturated heterocycles. The summed E-state index contributed by atoms with van der Waals surface area (Å²) in [5, 5.41) is 3.32. The van der Waals surface area contributed by atoms with Gasteiger partial charge in [0.25, 0.3) is 5.56 Å². The number of rotatable bonds is 4. The van der Waals surface area contributed by atoms with E-state index in [-0.39, 0.29) is 17.8 Å². The quantitative estimate of drug-likeness (QED) is 0.787. The van der Waals surface area contributed by atoms with Crippen LogP contribution in [-0.4, -0.2) is 20.4 Å². The third-order valence-corrected chi connectivity index (χ3v) is 4.50. The van der Waals surface area contributed by atoms with Gasteiger partial charge in [0.05, 0.1) is 22.9 Å². The Hall–Kier alpha value is -2.61. The minimum Gasteiger partial charge on any atom is -0.300 e. The zero-order chi connectivity index (χ0) is 17.3. The number of aromatic nitrogens is 3. The summed E-state index contributed by atoms with van der Waals surface area (Å²) in [6.45, 7) is 3.73. The van der Waals surface area contributed by atoms with Gasteiger partial charge in [-0.1, -0.05) is 6.92 Å². The van der Waals surface area contributed by atoms with Gasteiger partial charge in [-0.3, -0.25) is 14.2 Å². The van der Waals surface area contributed by atoms with Gasteiger partial charge < -0.3 is 5.32 Å². The Morgan fingerprint density at radius 1 is 1.42 bits per heavy atom. The molecule has 24 heavy (non-hydrogen) atoms. The van der Waals surface area contributed by atoms with E-state index in [9.17, 15) is 14.0 Å². The third-order valence-electron chi connectivity index (χ3n) is 3.57. The lowest BCUT2D eigenvalue weighted by Crippen LogP contribution is -2.28. The number of nitrogens with zero attached hydrogens (tertiary/aromatic N) is 3. The molecule has 0 aliphatic heterocycles. The first-order chi connectivity index (χ1) is 11.5. The fraction of sp³-hybridized carbons (Fsp3) is 0.250. The number of hydrogen-bond acceptors (Lipinski definition) is 5. The van der Waals surface area contributed by atoms with E-state index in [0.717, 1.165) is 27.6 Å². The number of nitrogens with one attached hydrogen (secondary N) is 1. The Balaban J connectivity index is 1.82. The number of anilines is 1. The van der Waals surface area contributed by atoms with Crippen LogP contribution >= 0.6 is 11.3 Å². The van der Waals surface area contributed by atoms with E-state index in [1.54, 1.807) is 0 Å². The van der Waals surface area contributed by atoms with E-state index in [2.05, 4.69) is 15.3 Å². The molecule has 1 N–H and O–H groups in total. The molecule has 124 valence electrons. The Labute approximate surface area is 141 Å². The fourth-order valence-electron chi connectivity index (χ4n) is 2.37. The van der Waals surface area contributed by atoms with E-state index < -0.39 is 11.4 Å². The highest BCUT2D eigenvalue weighted by Crippen LogP contribution is 2.22. The Morgan fingerprint density at radius 3 is 2.92 bits per heavy atom. The second-order valence-electron chi connectivity index (χ2n) is 5.26. The summed E-state index contributed by atoms with van der Waals surface area (Å²) in [5.74, 6) is -0.903. The maximum Gasteiger partial charge on any atom is 0.261 e. The van der Waals surface area contributed by atoms with Crippen LogP contribution in [0.2, 0.25) is 0 Å². The maximum atomic E-state index is 13.3. The number of thiazole rings is 1. The zero-order valence-corrected chi connectivity index (χ0v) is 14.0. The number of benzene rings is 1. The Bertz CT molecular complexity index is 980. The van der Waals surface area contributed by atoms with Gasteiger partial charge in [-0.05, 0) is 31.5 Å². The van der Waals surface area contributed by atoms with Crippen LogP contribution in [0.15, 0.2) is 29.3 Å². The van der Waals surface area contributed by atoms with Crippen molar-refractivity contribution in [2.24, 2.45) is 0 Å². The molecule has 0 fully saturated rings. The van der Waals surface area contributed by atoms with Gasteiger partial charge in [0.15, 0.2) is 5.13 Å².